The maximum absolute atomic E-state index is 12.0. The average molecular weight is 267 g/mol. The Morgan fingerprint density at radius 2 is 2.16 bits per heavy atom. The highest BCUT2D eigenvalue weighted by atomic mass is 16.2. The normalized spacial score (nSPS) is 25.3. The number of nitrogens with zero attached hydrogens (tertiary/aromatic N) is 1. The molecule has 2 heterocycles. The Morgan fingerprint density at radius 1 is 1.42 bits per heavy atom. The van der Waals surface area contributed by atoms with Crippen molar-refractivity contribution in [1.82, 2.24) is 15.5 Å². The van der Waals surface area contributed by atoms with E-state index in [1.165, 1.54) is 19.4 Å². The number of amides is 2. The van der Waals surface area contributed by atoms with Crippen LogP contribution in [0.4, 0.5) is 0 Å². The van der Waals surface area contributed by atoms with E-state index in [1.807, 2.05) is 0 Å². The summed E-state index contributed by atoms with van der Waals surface area (Å²) in [4.78, 5) is 25.6. The van der Waals surface area contributed by atoms with Crippen molar-refractivity contribution >= 4 is 11.8 Å². The van der Waals surface area contributed by atoms with Crippen molar-refractivity contribution in [3.63, 3.8) is 0 Å². The Hall–Kier alpha value is -1.10. The van der Waals surface area contributed by atoms with E-state index in [2.05, 4.69) is 22.5 Å². The minimum absolute atomic E-state index is 0.00506. The van der Waals surface area contributed by atoms with Crippen molar-refractivity contribution in [3.05, 3.63) is 0 Å². The van der Waals surface area contributed by atoms with Crippen molar-refractivity contribution in [2.45, 2.75) is 45.1 Å². The average Bonchev–Trinajstić information content (AvgIpc) is 2.85. The number of piperidine rings is 1. The highest BCUT2D eigenvalue weighted by molar-refractivity contribution is 5.89. The van der Waals surface area contributed by atoms with Crippen molar-refractivity contribution < 1.29 is 9.59 Å². The van der Waals surface area contributed by atoms with Crippen LogP contribution >= 0.6 is 0 Å². The molecule has 2 rings (SSSR count). The molecule has 0 aliphatic carbocycles. The van der Waals surface area contributed by atoms with Crippen LogP contribution in [0.2, 0.25) is 0 Å². The van der Waals surface area contributed by atoms with Crippen LogP contribution in [-0.4, -0.2) is 48.9 Å². The van der Waals surface area contributed by atoms with E-state index in [-0.39, 0.29) is 17.7 Å². The minimum Gasteiger partial charge on any atom is -0.355 e. The third-order valence-electron chi connectivity index (χ3n) is 4.11. The first-order valence-corrected chi connectivity index (χ1v) is 7.48. The first-order valence-electron chi connectivity index (χ1n) is 7.48. The first-order chi connectivity index (χ1) is 9.19. The van der Waals surface area contributed by atoms with Gasteiger partial charge in [-0.05, 0) is 25.8 Å². The SMILES string of the molecule is CCCCN1CCC(NC(=O)C2CNC(=O)C2)CC1. The zero-order chi connectivity index (χ0) is 13.7. The van der Waals surface area contributed by atoms with Gasteiger partial charge in [0.05, 0.1) is 5.92 Å². The van der Waals surface area contributed by atoms with Gasteiger partial charge in [0.2, 0.25) is 11.8 Å². The third-order valence-corrected chi connectivity index (χ3v) is 4.11. The third kappa shape index (κ3) is 4.20. The molecule has 0 aromatic rings. The van der Waals surface area contributed by atoms with Gasteiger partial charge in [-0.3, -0.25) is 9.59 Å². The van der Waals surface area contributed by atoms with Gasteiger partial charge < -0.3 is 15.5 Å². The molecule has 0 saturated carbocycles. The highest BCUT2D eigenvalue weighted by Crippen LogP contribution is 2.14. The monoisotopic (exact) mass is 267 g/mol. The number of carbonyl (C=O) groups excluding carboxylic acids is 2. The largest absolute Gasteiger partial charge is 0.355 e. The maximum Gasteiger partial charge on any atom is 0.225 e. The minimum atomic E-state index is -0.161. The summed E-state index contributed by atoms with van der Waals surface area (Å²) >= 11 is 0. The molecule has 2 aliphatic heterocycles. The summed E-state index contributed by atoms with van der Waals surface area (Å²) in [6.07, 6.45) is 4.90. The van der Waals surface area contributed by atoms with Gasteiger partial charge in [-0.2, -0.15) is 0 Å². The lowest BCUT2D eigenvalue weighted by Crippen LogP contribution is -2.46. The van der Waals surface area contributed by atoms with Crippen LogP contribution in [0.5, 0.6) is 0 Å². The Bertz CT molecular complexity index is 325. The van der Waals surface area contributed by atoms with Gasteiger partial charge >= 0.3 is 0 Å². The molecular weight excluding hydrogens is 242 g/mol. The molecule has 2 aliphatic rings. The zero-order valence-electron chi connectivity index (χ0n) is 11.8. The molecule has 2 amide bonds. The lowest BCUT2D eigenvalue weighted by Gasteiger charge is -2.32. The van der Waals surface area contributed by atoms with Gasteiger partial charge in [0.25, 0.3) is 0 Å². The van der Waals surface area contributed by atoms with Gasteiger partial charge in [-0.1, -0.05) is 13.3 Å². The summed E-state index contributed by atoms with van der Waals surface area (Å²) in [5.74, 6) is -0.120. The molecule has 0 bridgehead atoms. The van der Waals surface area contributed by atoms with Crippen molar-refractivity contribution in [2.24, 2.45) is 5.92 Å². The van der Waals surface area contributed by atoms with Crippen LogP contribution in [0.3, 0.4) is 0 Å². The Balaban J connectivity index is 1.67. The summed E-state index contributed by atoms with van der Waals surface area (Å²) in [5, 5.41) is 5.81. The molecule has 2 fully saturated rings. The zero-order valence-corrected chi connectivity index (χ0v) is 11.8. The van der Waals surface area contributed by atoms with E-state index in [0.717, 1.165) is 25.9 Å². The molecule has 5 nitrogen and oxygen atoms in total. The fraction of sp³-hybridized carbons (Fsp3) is 0.857. The lowest BCUT2D eigenvalue weighted by atomic mass is 10.0. The van der Waals surface area contributed by atoms with Gasteiger partial charge in [-0.25, -0.2) is 0 Å². The molecule has 1 unspecified atom stereocenters. The summed E-state index contributed by atoms with van der Waals surface area (Å²) in [7, 11) is 0. The standard InChI is InChI=1S/C14H25N3O2/c1-2-3-6-17-7-4-12(5-8-17)16-14(19)11-9-13(18)15-10-11/h11-12H,2-10H2,1H3,(H,15,18)(H,16,19). The van der Waals surface area contributed by atoms with E-state index in [0.29, 0.717) is 19.0 Å². The first kappa shape index (κ1) is 14.3. The summed E-state index contributed by atoms with van der Waals surface area (Å²) in [5.41, 5.74) is 0. The predicted octanol–water partition coefficient (Wildman–Crippen LogP) is 0.503. The predicted molar refractivity (Wildman–Crippen MR) is 73.6 cm³/mol. The number of likely N-dealkylation sites (tertiary alicyclic amines) is 1. The second-order valence-electron chi connectivity index (χ2n) is 5.68. The van der Waals surface area contributed by atoms with Crippen LogP contribution in [0, 0.1) is 5.92 Å². The molecule has 2 N–H and O–H groups in total. The second-order valence-corrected chi connectivity index (χ2v) is 5.68. The molecule has 0 aromatic heterocycles. The van der Waals surface area contributed by atoms with Crippen LogP contribution in [-0.2, 0) is 9.59 Å². The van der Waals surface area contributed by atoms with Crippen LogP contribution in [0.25, 0.3) is 0 Å². The van der Waals surface area contributed by atoms with Gasteiger partial charge in [0, 0.05) is 32.1 Å². The molecule has 0 radical (unpaired) electrons. The van der Waals surface area contributed by atoms with Gasteiger partial charge in [0.15, 0.2) is 0 Å². The fourth-order valence-electron chi connectivity index (χ4n) is 2.79. The van der Waals surface area contributed by atoms with Gasteiger partial charge in [0.1, 0.15) is 0 Å². The molecule has 2 saturated heterocycles. The highest BCUT2D eigenvalue weighted by Gasteiger charge is 2.30. The molecule has 1 atom stereocenters. The second kappa shape index (κ2) is 6.89. The molecule has 19 heavy (non-hydrogen) atoms. The Kier molecular flexibility index (Phi) is 5.19. The number of hydrogen-bond donors (Lipinski definition) is 2. The molecule has 0 spiro atoms. The Morgan fingerprint density at radius 3 is 2.74 bits per heavy atom. The number of nitrogens with one attached hydrogen (secondary N) is 2. The van der Waals surface area contributed by atoms with Crippen molar-refractivity contribution in [3.8, 4) is 0 Å². The number of hydrogen-bond acceptors (Lipinski definition) is 3. The summed E-state index contributed by atoms with van der Waals surface area (Å²) < 4.78 is 0. The van der Waals surface area contributed by atoms with Gasteiger partial charge in [-0.15, -0.1) is 0 Å². The fourth-order valence-corrected chi connectivity index (χ4v) is 2.79. The Labute approximate surface area is 115 Å². The summed E-state index contributed by atoms with van der Waals surface area (Å²) in [6.45, 7) is 6.04. The van der Waals surface area contributed by atoms with Crippen molar-refractivity contribution in [1.29, 1.82) is 0 Å². The number of unbranched alkanes of at least 4 members (excludes halogenated alkanes) is 1. The lowest BCUT2D eigenvalue weighted by molar-refractivity contribution is -0.127. The van der Waals surface area contributed by atoms with Crippen LogP contribution in [0.1, 0.15) is 39.0 Å². The maximum atomic E-state index is 12.0. The van der Waals surface area contributed by atoms with Crippen molar-refractivity contribution in [2.75, 3.05) is 26.2 Å². The topological polar surface area (TPSA) is 61.4 Å². The quantitative estimate of drug-likeness (QED) is 0.762. The van der Waals surface area contributed by atoms with E-state index in [4.69, 9.17) is 0 Å². The van der Waals surface area contributed by atoms with E-state index in [1.54, 1.807) is 0 Å². The molecular formula is C14H25N3O2. The molecule has 5 heteroatoms. The number of rotatable bonds is 5. The summed E-state index contributed by atoms with van der Waals surface area (Å²) in [6, 6.07) is 0.293. The van der Waals surface area contributed by atoms with E-state index in [9.17, 15) is 9.59 Å². The smallest absolute Gasteiger partial charge is 0.225 e. The van der Waals surface area contributed by atoms with Crippen LogP contribution < -0.4 is 10.6 Å². The van der Waals surface area contributed by atoms with Crippen LogP contribution in [0.15, 0.2) is 0 Å². The molecule has 0 aromatic carbocycles. The van der Waals surface area contributed by atoms with E-state index >= 15 is 0 Å². The molecule has 108 valence electrons. The van der Waals surface area contributed by atoms with E-state index < -0.39 is 0 Å². The number of carbonyl (C=O) groups is 2.